The summed E-state index contributed by atoms with van der Waals surface area (Å²) in [6.45, 7) is 0.852. The Bertz CT molecular complexity index is 1030. The number of aliphatic hydroxyl groups is 1. The van der Waals surface area contributed by atoms with Gasteiger partial charge in [-0.05, 0) is 76.0 Å². The van der Waals surface area contributed by atoms with Crippen molar-refractivity contribution < 1.29 is 19.4 Å². The van der Waals surface area contributed by atoms with Gasteiger partial charge in [-0.3, -0.25) is 0 Å². The Labute approximate surface area is 183 Å². The molecule has 5 nitrogen and oxygen atoms in total. The molecule has 0 radical (unpaired) electrons. The fourth-order valence-corrected chi connectivity index (χ4v) is 5.71. The molecule has 1 aliphatic heterocycles. The van der Waals surface area contributed by atoms with Gasteiger partial charge in [0, 0.05) is 16.5 Å². The van der Waals surface area contributed by atoms with Crippen LogP contribution in [0.1, 0.15) is 46.3 Å². The van der Waals surface area contributed by atoms with Crippen molar-refractivity contribution in [2.45, 2.75) is 43.8 Å². The molecule has 3 atom stereocenters. The zero-order valence-electron chi connectivity index (χ0n) is 18.1. The molecule has 3 unspecified atom stereocenters. The maximum absolute atomic E-state index is 12.9. The van der Waals surface area contributed by atoms with Gasteiger partial charge in [0.25, 0.3) is 0 Å². The molecular weight excluding hydrogens is 390 g/mol. The van der Waals surface area contributed by atoms with Gasteiger partial charge in [-0.15, -0.1) is 0 Å². The van der Waals surface area contributed by atoms with Crippen LogP contribution in [0.15, 0.2) is 54.3 Å². The fourth-order valence-electron chi connectivity index (χ4n) is 5.71. The highest BCUT2D eigenvalue weighted by Crippen LogP contribution is 2.60. The molecule has 0 bridgehead atoms. The van der Waals surface area contributed by atoms with Crippen molar-refractivity contribution in [3.63, 3.8) is 0 Å². The van der Waals surface area contributed by atoms with Crippen LogP contribution < -0.4 is 4.74 Å². The lowest BCUT2D eigenvalue weighted by atomic mass is 9.56. The summed E-state index contributed by atoms with van der Waals surface area (Å²) in [6.07, 6.45) is 5.61. The minimum Gasteiger partial charge on any atom is -0.481 e. The lowest BCUT2D eigenvalue weighted by molar-refractivity contribution is 0.0263. The van der Waals surface area contributed by atoms with Crippen LogP contribution in [0, 0.1) is 5.92 Å². The Kier molecular flexibility index (Phi) is 5.11. The van der Waals surface area contributed by atoms with Crippen LogP contribution in [0.25, 0.3) is 0 Å². The van der Waals surface area contributed by atoms with Crippen molar-refractivity contribution in [3.05, 3.63) is 76.6 Å². The number of hydrogen-bond acceptors (Lipinski definition) is 5. The van der Waals surface area contributed by atoms with Gasteiger partial charge in [-0.25, -0.2) is 4.79 Å². The highest BCUT2D eigenvalue weighted by atomic mass is 16.6. The largest absolute Gasteiger partial charge is 0.481 e. The third-order valence-corrected chi connectivity index (χ3v) is 7.21. The number of carbonyl (C=O) groups excluding carboxylic acids is 1. The van der Waals surface area contributed by atoms with Gasteiger partial charge in [0.2, 0.25) is 0 Å². The standard InChI is InChI=1S/C26H29NO4/c1-27(2)15-14-26-20-11-10-17-8-9-19(16-28)23(22(17)26)31-24(26)21(13-12-20)30-25(29)18-6-4-3-5-7-18/h3-9,13,20,24,28H,10-12,14-16H2,1-2H3. The SMILES string of the molecule is CN(C)CCC12c3c4ccc(CO)c3OC1C(OC(=O)c1ccccc1)=CCC2CC4. The third kappa shape index (κ3) is 3.19. The van der Waals surface area contributed by atoms with E-state index >= 15 is 0 Å². The summed E-state index contributed by atoms with van der Waals surface area (Å²) in [5.74, 6) is 1.49. The molecule has 31 heavy (non-hydrogen) atoms. The second-order valence-corrected chi connectivity index (χ2v) is 9.17. The van der Waals surface area contributed by atoms with Crippen molar-refractivity contribution in [1.82, 2.24) is 4.90 Å². The number of benzene rings is 2. The van der Waals surface area contributed by atoms with Gasteiger partial charge in [-0.1, -0.05) is 30.3 Å². The Morgan fingerprint density at radius 2 is 2.03 bits per heavy atom. The Morgan fingerprint density at radius 3 is 2.77 bits per heavy atom. The fraction of sp³-hybridized carbons (Fsp3) is 0.423. The molecule has 1 N–H and O–H groups in total. The number of nitrogens with zero attached hydrogens (tertiary/aromatic N) is 1. The summed E-state index contributed by atoms with van der Waals surface area (Å²) in [5, 5.41) is 9.98. The van der Waals surface area contributed by atoms with E-state index in [-0.39, 0.29) is 24.1 Å². The zero-order chi connectivity index (χ0) is 21.6. The molecule has 0 amide bonds. The quantitative estimate of drug-likeness (QED) is 0.721. The van der Waals surface area contributed by atoms with Crippen LogP contribution in [0.5, 0.6) is 5.75 Å². The second-order valence-electron chi connectivity index (χ2n) is 9.17. The molecule has 5 heteroatoms. The Morgan fingerprint density at radius 1 is 1.23 bits per heavy atom. The van der Waals surface area contributed by atoms with Gasteiger partial charge in [0.05, 0.1) is 12.2 Å². The maximum atomic E-state index is 12.9. The average Bonchev–Trinajstić information content (AvgIpc) is 3.15. The zero-order valence-corrected chi connectivity index (χ0v) is 18.1. The molecule has 0 spiro atoms. The van der Waals surface area contributed by atoms with E-state index < -0.39 is 0 Å². The van der Waals surface area contributed by atoms with Crippen molar-refractivity contribution in [2.24, 2.45) is 5.92 Å². The van der Waals surface area contributed by atoms with Crippen molar-refractivity contribution >= 4 is 5.97 Å². The number of allylic oxidation sites excluding steroid dienone is 1. The molecule has 162 valence electrons. The lowest BCUT2D eigenvalue weighted by Gasteiger charge is -2.47. The van der Waals surface area contributed by atoms with Crippen LogP contribution in [0.2, 0.25) is 0 Å². The van der Waals surface area contributed by atoms with Gasteiger partial charge in [-0.2, -0.15) is 0 Å². The number of carbonyl (C=O) groups is 1. The van der Waals surface area contributed by atoms with E-state index in [4.69, 9.17) is 9.47 Å². The summed E-state index contributed by atoms with van der Waals surface area (Å²) >= 11 is 0. The van der Waals surface area contributed by atoms with E-state index in [0.717, 1.165) is 43.5 Å². The lowest BCUT2D eigenvalue weighted by Crippen LogP contribution is -2.52. The minimum atomic E-state index is -0.356. The summed E-state index contributed by atoms with van der Waals surface area (Å²) in [4.78, 5) is 15.1. The number of aliphatic hydroxyl groups excluding tert-OH is 1. The van der Waals surface area contributed by atoms with Gasteiger partial charge >= 0.3 is 5.97 Å². The molecule has 2 aliphatic carbocycles. The summed E-state index contributed by atoms with van der Waals surface area (Å²) < 4.78 is 12.5. The summed E-state index contributed by atoms with van der Waals surface area (Å²) in [7, 11) is 4.17. The van der Waals surface area contributed by atoms with Crippen molar-refractivity contribution in [3.8, 4) is 5.75 Å². The molecule has 2 aromatic rings. The van der Waals surface area contributed by atoms with Gasteiger partial charge < -0.3 is 19.5 Å². The van der Waals surface area contributed by atoms with E-state index in [1.165, 1.54) is 11.1 Å². The number of esters is 1. The van der Waals surface area contributed by atoms with Crippen LogP contribution in [0.4, 0.5) is 0 Å². The minimum absolute atomic E-state index is 0.0629. The van der Waals surface area contributed by atoms with Crippen molar-refractivity contribution in [2.75, 3.05) is 20.6 Å². The topological polar surface area (TPSA) is 59.0 Å². The van der Waals surface area contributed by atoms with E-state index in [1.807, 2.05) is 24.3 Å². The number of aryl methyl sites for hydroxylation is 1. The molecule has 0 saturated heterocycles. The predicted octanol–water partition coefficient (Wildman–Crippen LogP) is 3.84. The first-order chi connectivity index (χ1) is 15.0. The molecule has 3 aliphatic rings. The normalized spacial score (nSPS) is 25.6. The maximum Gasteiger partial charge on any atom is 0.343 e. The average molecular weight is 420 g/mol. The molecular formula is C26H29NO4. The molecule has 5 rings (SSSR count). The first kappa shape index (κ1) is 20.3. The van der Waals surface area contributed by atoms with Gasteiger partial charge in [0.15, 0.2) is 6.10 Å². The monoisotopic (exact) mass is 419 g/mol. The number of rotatable bonds is 6. The van der Waals surface area contributed by atoms with Crippen LogP contribution >= 0.6 is 0 Å². The first-order valence-electron chi connectivity index (χ1n) is 11.1. The van der Waals surface area contributed by atoms with E-state index in [1.54, 1.807) is 12.1 Å². The van der Waals surface area contributed by atoms with E-state index in [2.05, 4.69) is 31.1 Å². The first-order valence-corrected chi connectivity index (χ1v) is 11.1. The highest BCUT2D eigenvalue weighted by Gasteiger charge is 2.60. The predicted molar refractivity (Wildman–Crippen MR) is 118 cm³/mol. The highest BCUT2D eigenvalue weighted by molar-refractivity contribution is 5.90. The number of ether oxygens (including phenoxy) is 2. The summed E-state index contributed by atoms with van der Waals surface area (Å²) in [6, 6.07) is 13.2. The van der Waals surface area contributed by atoms with Crippen LogP contribution in [-0.2, 0) is 23.2 Å². The van der Waals surface area contributed by atoms with Crippen molar-refractivity contribution in [1.29, 1.82) is 0 Å². The Balaban J connectivity index is 1.58. The summed E-state index contributed by atoms with van der Waals surface area (Å²) in [5.41, 5.74) is 3.65. The van der Waals surface area contributed by atoms with Gasteiger partial charge in [0.1, 0.15) is 11.5 Å². The van der Waals surface area contributed by atoms with E-state index in [0.29, 0.717) is 17.2 Å². The third-order valence-electron chi connectivity index (χ3n) is 7.21. The second kappa shape index (κ2) is 7.81. The molecule has 2 aromatic carbocycles. The molecule has 0 aromatic heterocycles. The molecule has 1 heterocycles. The number of hydrogen-bond donors (Lipinski definition) is 1. The smallest absolute Gasteiger partial charge is 0.343 e. The molecule has 0 fully saturated rings. The van der Waals surface area contributed by atoms with Crippen LogP contribution in [-0.4, -0.2) is 42.7 Å². The molecule has 0 saturated carbocycles. The van der Waals surface area contributed by atoms with Crippen LogP contribution in [0.3, 0.4) is 0 Å². The Hall–Kier alpha value is -2.63. The van der Waals surface area contributed by atoms with E-state index in [9.17, 15) is 9.90 Å².